The predicted molar refractivity (Wildman–Crippen MR) is 72.0 cm³/mol. The van der Waals surface area contributed by atoms with Gasteiger partial charge in [-0.15, -0.1) is 0 Å². The van der Waals surface area contributed by atoms with Gasteiger partial charge >= 0.3 is 0 Å². The number of nitrogens with two attached hydrogens (primary N) is 1. The molecule has 1 unspecified atom stereocenters. The lowest BCUT2D eigenvalue weighted by atomic mass is 10.0. The average Bonchev–Trinajstić information content (AvgIpc) is 2.93. The second-order valence-electron chi connectivity index (χ2n) is 4.61. The Hall–Kier alpha value is -1.34. The molecule has 7 heteroatoms. The molecule has 1 saturated heterocycles. The highest BCUT2D eigenvalue weighted by Crippen LogP contribution is 2.30. The van der Waals surface area contributed by atoms with E-state index in [0.29, 0.717) is 17.1 Å². The molecule has 0 aromatic carbocycles. The van der Waals surface area contributed by atoms with E-state index in [1.54, 1.807) is 7.05 Å². The van der Waals surface area contributed by atoms with Crippen molar-refractivity contribution in [1.29, 1.82) is 0 Å². The van der Waals surface area contributed by atoms with Gasteiger partial charge in [0.15, 0.2) is 5.82 Å². The van der Waals surface area contributed by atoms with E-state index in [-0.39, 0.29) is 17.3 Å². The van der Waals surface area contributed by atoms with E-state index in [0.717, 1.165) is 19.4 Å². The summed E-state index contributed by atoms with van der Waals surface area (Å²) < 4.78 is 9.69. The Kier molecular flexibility index (Phi) is 3.72. The van der Waals surface area contributed by atoms with Crippen LogP contribution in [0.2, 0.25) is 0 Å². The minimum Gasteiger partial charge on any atom is -0.382 e. The first-order valence-electron chi connectivity index (χ1n) is 5.91. The van der Waals surface area contributed by atoms with E-state index >= 15 is 0 Å². The zero-order chi connectivity index (χ0) is 13.2. The molecule has 1 aliphatic heterocycles. The van der Waals surface area contributed by atoms with Crippen LogP contribution in [0.4, 0.5) is 10.8 Å². The summed E-state index contributed by atoms with van der Waals surface area (Å²) in [7, 11) is 1.57. The van der Waals surface area contributed by atoms with Crippen LogP contribution in [-0.2, 0) is 4.74 Å². The number of hydrogen-bond donors (Lipinski definition) is 3. The van der Waals surface area contributed by atoms with Crippen molar-refractivity contribution in [3.63, 3.8) is 0 Å². The number of nitrogen functional groups attached to an aromatic ring is 1. The molecule has 1 fully saturated rings. The first-order valence-corrected chi connectivity index (χ1v) is 6.68. The third-order valence-corrected chi connectivity index (χ3v) is 3.91. The molecular weight excluding hydrogens is 252 g/mol. The highest BCUT2D eigenvalue weighted by Gasteiger charge is 2.30. The molecule has 1 amide bonds. The lowest BCUT2D eigenvalue weighted by Gasteiger charge is -2.23. The lowest BCUT2D eigenvalue weighted by Crippen LogP contribution is -2.33. The van der Waals surface area contributed by atoms with Crippen molar-refractivity contribution in [2.45, 2.75) is 25.4 Å². The number of carbonyl (C=O) groups excluding carboxylic acids is 1. The molecule has 100 valence electrons. The Morgan fingerprint density at radius 2 is 2.44 bits per heavy atom. The summed E-state index contributed by atoms with van der Waals surface area (Å²) in [5.74, 6) is 0.0422. The van der Waals surface area contributed by atoms with Gasteiger partial charge in [0.25, 0.3) is 5.91 Å². The van der Waals surface area contributed by atoms with Crippen molar-refractivity contribution in [1.82, 2.24) is 9.69 Å². The fourth-order valence-corrected chi connectivity index (χ4v) is 2.72. The van der Waals surface area contributed by atoms with Gasteiger partial charge in [-0.25, -0.2) is 0 Å². The zero-order valence-electron chi connectivity index (χ0n) is 10.6. The zero-order valence-corrected chi connectivity index (χ0v) is 11.4. The Morgan fingerprint density at radius 1 is 1.67 bits per heavy atom. The maximum Gasteiger partial charge on any atom is 0.257 e. The van der Waals surface area contributed by atoms with Crippen LogP contribution in [0, 0.1) is 0 Å². The molecule has 4 N–H and O–H groups in total. The quantitative estimate of drug-likeness (QED) is 0.761. The molecular formula is C11H18N4O2S. The molecule has 1 atom stereocenters. The van der Waals surface area contributed by atoms with Crippen LogP contribution in [0.15, 0.2) is 0 Å². The smallest absolute Gasteiger partial charge is 0.257 e. The number of anilines is 2. The molecule has 1 aromatic heterocycles. The van der Waals surface area contributed by atoms with Crippen LogP contribution in [0.3, 0.4) is 0 Å². The summed E-state index contributed by atoms with van der Waals surface area (Å²) in [4.78, 5) is 11.7. The average molecular weight is 270 g/mol. The number of amides is 1. The predicted octanol–water partition coefficient (Wildman–Crippen LogP) is 1.07. The Bertz CT molecular complexity index is 440. The number of rotatable bonds is 4. The first kappa shape index (κ1) is 13.1. The molecule has 0 spiro atoms. The molecule has 0 radical (unpaired) electrons. The van der Waals surface area contributed by atoms with Gasteiger partial charge in [0.2, 0.25) is 0 Å². The fraction of sp³-hybridized carbons (Fsp3) is 0.636. The van der Waals surface area contributed by atoms with Crippen LogP contribution in [0.5, 0.6) is 0 Å². The van der Waals surface area contributed by atoms with Gasteiger partial charge in [0.1, 0.15) is 10.6 Å². The van der Waals surface area contributed by atoms with Gasteiger partial charge in [0.05, 0.1) is 5.60 Å². The van der Waals surface area contributed by atoms with Gasteiger partial charge in [-0.05, 0) is 31.3 Å². The van der Waals surface area contributed by atoms with Crippen LogP contribution < -0.4 is 16.4 Å². The number of hydrogen-bond acceptors (Lipinski definition) is 6. The molecule has 0 bridgehead atoms. The van der Waals surface area contributed by atoms with Crippen molar-refractivity contribution >= 4 is 28.3 Å². The summed E-state index contributed by atoms with van der Waals surface area (Å²) in [5, 5.41) is 6.48. The van der Waals surface area contributed by atoms with Crippen LogP contribution in [0.1, 0.15) is 30.1 Å². The minimum absolute atomic E-state index is 0.168. The third kappa shape index (κ3) is 2.56. The van der Waals surface area contributed by atoms with Crippen LogP contribution >= 0.6 is 11.5 Å². The third-order valence-electron chi connectivity index (χ3n) is 3.10. The van der Waals surface area contributed by atoms with Gasteiger partial charge in [0, 0.05) is 20.2 Å². The number of carbonyl (C=O) groups is 1. The van der Waals surface area contributed by atoms with Crippen LogP contribution in [-0.4, -0.2) is 36.1 Å². The van der Waals surface area contributed by atoms with Crippen molar-refractivity contribution < 1.29 is 9.53 Å². The minimum atomic E-state index is -0.221. The summed E-state index contributed by atoms with van der Waals surface area (Å²) in [5.41, 5.74) is 5.95. The molecule has 1 aromatic rings. The van der Waals surface area contributed by atoms with Crippen molar-refractivity contribution in [3.05, 3.63) is 5.56 Å². The first-order chi connectivity index (χ1) is 8.56. The Labute approximate surface area is 110 Å². The Morgan fingerprint density at radius 3 is 3.06 bits per heavy atom. The maximum absolute atomic E-state index is 11.7. The highest BCUT2D eigenvalue weighted by atomic mass is 32.1. The van der Waals surface area contributed by atoms with E-state index in [1.165, 1.54) is 11.5 Å². The molecule has 2 rings (SSSR count). The molecule has 18 heavy (non-hydrogen) atoms. The van der Waals surface area contributed by atoms with Crippen molar-refractivity contribution in [2.24, 2.45) is 0 Å². The second-order valence-corrected chi connectivity index (χ2v) is 5.38. The molecule has 1 aliphatic rings. The number of aromatic nitrogens is 1. The van der Waals surface area contributed by atoms with Crippen LogP contribution in [0.25, 0.3) is 0 Å². The standard InChI is InChI=1S/C11H18N4O2S/c1-11(4-3-5-17-11)6-14-10-7(9(16)13-2)8(12)15-18-10/h14H,3-6H2,1-2H3,(H2,12,15)(H,13,16). The summed E-state index contributed by atoms with van der Waals surface area (Å²) >= 11 is 1.20. The van der Waals surface area contributed by atoms with E-state index in [1.807, 2.05) is 0 Å². The Balaban J connectivity index is 2.07. The summed E-state index contributed by atoms with van der Waals surface area (Å²) in [6.07, 6.45) is 2.09. The van der Waals surface area contributed by atoms with E-state index < -0.39 is 0 Å². The summed E-state index contributed by atoms with van der Waals surface area (Å²) in [6.45, 7) is 3.51. The second kappa shape index (κ2) is 5.11. The summed E-state index contributed by atoms with van der Waals surface area (Å²) in [6, 6.07) is 0. The topological polar surface area (TPSA) is 89.3 Å². The number of nitrogens with zero attached hydrogens (tertiary/aromatic N) is 1. The lowest BCUT2D eigenvalue weighted by molar-refractivity contribution is 0.0315. The van der Waals surface area contributed by atoms with E-state index in [9.17, 15) is 4.79 Å². The number of nitrogens with one attached hydrogen (secondary N) is 2. The molecule has 6 nitrogen and oxygen atoms in total. The molecule has 0 aliphatic carbocycles. The van der Waals surface area contributed by atoms with Gasteiger partial charge in [-0.2, -0.15) is 4.37 Å². The largest absolute Gasteiger partial charge is 0.382 e. The maximum atomic E-state index is 11.7. The van der Waals surface area contributed by atoms with Gasteiger partial charge < -0.3 is 21.1 Å². The normalized spacial score (nSPS) is 23.0. The molecule has 2 heterocycles. The SMILES string of the molecule is CNC(=O)c1c(N)nsc1NCC1(C)CCCO1. The van der Waals surface area contributed by atoms with Crippen molar-refractivity contribution in [2.75, 3.05) is 31.2 Å². The fourth-order valence-electron chi connectivity index (χ4n) is 2.01. The van der Waals surface area contributed by atoms with E-state index in [2.05, 4.69) is 21.9 Å². The molecule has 0 saturated carbocycles. The monoisotopic (exact) mass is 270 g/mol. The highest BCUT2D eigenvalue weighted by molar-refractivity contribution is 7.11. The van der Waals surface area contributed by atoms with Crippen molar-refractivity contribution in [3.8, 4) is 0 Å². The number of ether oxygens (including phenoxy) is 1. The van der Waals surface area contributed by atoms with E-state index in [4.69, 9.17) is 10.5 Å². The van der Waals surface area contributed by atoms with Gasteiger partial charge in [-0.1, -0.05) is 0 Å². The van der Waals surface area contributed by atoms with Gasteiger partial charge in [-0.3, -0.25) is 4.79 Å².